The molecule has 1 aromatic rings. The Hall–Kier alpha value is -1.13. The second kappa shape index (κ2) is 6.32. The van der Waals surface area contributed by atoms with Crippen molar-refractivity contribution in [3.8, 4) is 0 Å². The van der Waals surface area contributed by atoms with Crippen LogP contribution < -0.4 is 10.6 Å². The van der Waals surface area contributed by atoms with E-state index in [1.807, 2.05) is 12.1 Å². The van der Waals surface area contributed by atoms with Gasteiger partial charge in [-0.15, -0.1) is 0 Å². The molecule has 3 rings (SSSR count). The van der Waals surface area contributed by atoms with Crippen LogP contribution in [0.25, 0.3) is 0 Å². The standard InChI is InChI=1S/C17H25FN2O/c18-14-3-5-15(6-4-14)20(11-2-10-19)16-7-12-21-17(13-16)8-1-9-17/h3-6,16H,1-2,7-13,19H2. The van der Waals surface area contributed by atoms with E-state index in [1.165, 1.54) is 19.3 Å². The summed E-state index contributed by atoms with van der Waals surface area (Å²) < 4.78 is 19.2. The quantitative estimate of drug-likeness (QED) is 0.906. The molecule has 1 aliphatic heterocycles. The Morgan fingerprint density at radius 1 is 1.29 bits per heavy atom. The molecule has 1 saturated carbocycles. The Kier molecular flexibility index (Phi) is 4.45. The van der Waals surface area contributed by atoms with E-state index < -0.39 is 0 Å². The van der Waals surface area contributed by atoms with E-state index in [1.54, 1.807) is 12.1 Å². The van der Waals surface area contributed by atoms with Gasteiger partial charge in [0.2, 0.25) is 0 Å². The van der Waals surface area contributed by atoms with E-state index in [4.69, 9.17) is 10.5 Å². The lowest BCUT2D eigenvalue weighted by Crippen LogP contribution is -2.52. The minimum Gasteiger partial charge on any atom is -0.375 e. The first-order valence-corrected chi connectivity index (χ1v) is 8.09. The maximum atomic E-state index is 13.2. The van der Waals surface area contributed by atoms with Crippen molar-refractivity contribution in [2.45, 2.75) is 50.2 Å². The van der Waals surface area contributed by atoms with Gasteiger partial charge in [0.1, 0.15) is 5.82 Å². The molecule has 2 aliphatic rings. The number of hydrogen-bond acceptors (Lipinski definition) is 3. The number of nitrogens with two attached hydrogens (primary N) is 1. The molecule has 0 radical (unpaired) electrons. The third kappa shape index (κ3) is 3.22. The Morgan fingerprint density at radius 2 is 2.05 bits per heavy atom. The van der Waals surface area contributed by atoms with Gasteiger partial charge in [-0.05, 0) is 69.3 Å². The van der Waals surface area contributed by atoms with Gasteiger partial charge in [0.05, 0.1) is 5.60 Å². The Labute approximate surface area is 126 Å². The first kappa shape index (κ1) is 14.8. The SMILES string of the molecule is NCCCN(c1ccc(F)cc1)C1CCOC2(CCC2)C1. The molecule has 116 valence electrons. The van der Waals surface area contributed by atoms with E-state index in [9.17, 15) is 4.39 Å². The average molecular weight is 292 g/mol. The third-order valence-corrected chi connectivity index (χ3v) is 4.93. The lowest BCUT2D eigenvalue weighted by atomic mass is 9.73. The summed E-state index contributed by atoms with van der Waals surface area (Å²) >= 11 is 0. The predicted molar refractivity (Wildman–Crippen MR) is 83.0 cm³/mol. The molecular formula is C17H25FN2O. The van der Waals surface area contributed by atoms with E-state index in [2.05, 4.69) is 4.90 Å². The molecule has 4 heteroatoms. The van der Waals surface area contributed by atoms with Gasteiger partial charge in [0, 0.05) is 24.9 Å². The highest BCUT2D eigenvalue weighted by Gasteiger charge is 2.43. The molecule has 1 unspecified atom stereocenters. The lowest BCUT2D eigenvalue weighted by molar-refractivity contribution is -0.132. The van der Waals surface area contributed by atoms with Crippen molar-refractivity contribution in [1.82, 2.24) is 0 Å². The van der Waals surface area contributed by atoms with Gasteiger partial charge in [-0.25, -0.2) is 4.39 Å². The number of anilines is 1. The molecule has 1 aromatic carbocycles. The van der Waals surface area contributed by atoms with Gasteiger partial charge in [-0.3, -0.25) is 0 Å². The normalized spacial score (nSPS) is 23.8. The summed E-state index contributed by atoms with van der Waals surface area (Å²) in [5.74, 6) is -0.181. The summed E-state index contributed by atoms with van der Waals surface area (Å²) in [7, 11) is 0. The molecule has 0 amide bonds. The minimum absolute atomic E-state index is 0.129. The number of rotatable bonds is 5. The van der Waals surface area contributed by atoms with E-state index in [-0.39, 0.29) is 11.4 Å². The molecule has 2 fully saturated rings. The summed E-state index contributed by atoms with van der Waals surface area (Å²) in [6.07, 6.45) is 6.77. The second-order valence-corrected chi connectivity index (χ2v) is 6.34. The topological polar surface area (TPSA) is 38.5 Å². The van der Waals surface area contributed by atoms with Gasteiger partial charge in [-0.2, -0.15) is 0 Å². The van der Waals surface area contributed by atoms with Gasteiger partial charge in [0.25, 0.3) is 0 Å². The molecular weight excluding hydrogens is 267 g/mol. The summed E-state index contributed by atoms with van der Waals surface area (Å²) in [5, 5.41) is 0. The molecule has 0 bridgehead atoms. The number of halogens is 1. The fourth-order valence-corrected chi connectivity index (χ4v) is 3.60. The number of ether oxygens (including phenoxy) is 1. The van der Waals surface area contributed by atoms with Crippen molar-refractivity contribution in [3.63, 3.8) is 0 Å². The summed E-state index contributed by atoms with van der Waals surface area (Å²) in [4.78, 5) is 2.41. The van der Waals surface area contributed by atoms with Crippen LogP contribution in [0.4, 0.5) is 10.1 Å². The molecule has 2 N–H and O–H groups in total. The summed E-state index contributed by atoms with van der Waals surface area (Å²) in [5.41, 5.74) is 6.92. The van der Waals surface area contributed by atoms with Crippen LogP contribution in [-0.4, -0.2) is 31.3 Å². The van der Waals surface area contributed by atoms with Gasteiger partial charge < -0.3 is 15.4 Å². The van der Waals surface area contributed by atoms with Crippen LogP contribution in [0.15, 0.2) is 24.3 Å². The number of benzene rings is 1. The average Bonchev–Trinajstić information content (AvgIpc) is 2.48. The van der Waals surface area contributed by atoms with E-state index in [0.29, 0.717) is 12.6 Å². The zero-order valence-electron chi connectivity index (χ0n) is 12.6. The summed E-state index contributed by atoms with van der Waals surface area (Å²) in [6.45, 7) is 2.46. The highest BCUT2D eigenvalue weighted by atomic mass is 19.1. The van der Waals surface area contributed by atoms with Crippen molar-refractivity contribution >= 4 is 5.69 Å². The maximum Gasteiger partial charge on any atom is 0.123 e. The maximum absolute atomic E-state index is 13.2. The number of hydrogen-bond donors (Lipinski definition) is 1. The molecule has 3 nitrogen and oxygen atoms in total. The van der Waals surface area contributed by atoms with Crippen LogP contribution in [0, 0.1) is 5.82 Å². The Balaban J connectivity index is 1.76. The third-order valence-electron chi connectivity index (χ3n) is 4.93. The molecule has 1 atom stereocenters. The fraction of sp³-hybridized carbons (Fsp3) is 0.647. The van der Waals surface area contributed by atoms with Crippen molar-refractivity contribution in [3.05, 3.63) is 30.1 Å². The van der Waals surface area contributed by atoms with Crippen LogP contribution in [0.5, 0.6) is 0 Å². The van der Waals surface area contributed by atoms with Crippen molar-refractivity contribution in [2.24, 2.45) is 5.73 Å². The lowest BCUT2D eigenvalue weighted by Gasteiger charge is -2.50. The van der Waals surface area contributed by atoms with Crippen molar-refractivity contribution < 1.29 is 9.13 Å². The first-order valence-electron chi connectivity index (χ1n) is 8.09. The molecule has 0 aromatic heterocycles. The second-order valence-electron chi connectivity index (χ2n) is 6.34. The van der Waals surface area contributed by atoms with Crippen LogP contribution >= 0.6 is 0 Å². The molecule has 21 heavy (non-hydrogen) atoms. The molecule has 1 saturated heterocycles. The van der Waals surface area contributed by atoms with Gasteiger partial charge in [-0.1, -0.05) is 0 Å². The predicted octanol–water partition coefficient (Wildman–Crippen LogP) is 3.08. The largest absolute Gasteiger partial charge is 0.375 e. The number of nitrogens with zero attached hydrogens (tertiary/aromatic N) is 1. The summed E-state index contributed by atoms with van der Waals surface area (Å²) in [6, 6.07) is 7.34. The van der Waals surface area contributed by atoms with Crippen molar-refractivity contribution in [2.75, 3.05) is 24.6 Å². The minimum atomic E-state index is -0.181. The van der Waals surface area contributed by atoms with Gasteiger partial charge in [0.15, 0.2) is 0 Å². The smallest absolute Gasteiger partial charge is 0.123 e. The molecule has 1 heterocycles. The van der Waals surface area contributed by atoms with E-state index in [0.717, 1.165) is 38.1 Å². The van der Waals surface area contributed by atoms with Crippen LogP contribution in [0.3, 0.4) is 0 Å². The highest BCUT2D eigenvalue weighted by Crippen LogP contribution is 2.44. The van der Waals surface area contributed by atoms with Crippen LogP contribution in [0.1, 0.15) is 38.5 Å². The first-order chi connectivity index (χ1) is 10.2. The Bertz CT molecular complexity index is 458. The highest BCUT2D eigenvalue weighted by molar-refractivity contribution is 5.47. The van der Waals surface area contributed by atoms with Crippen LogP contribution in [-0.2, 0) is 4.74 Å². The Morgan fingerprint density at radius 3 is 2.67 bits per heavy atom. The van der Waals surface area contributed by atoms with Crippen LogP contribution in [0.2, 0.25) is 0 Å². The molecule has 1 spiro atoms. The fourth-order valence-electron chi connectivity index (χ4n) is 3.60. The monoisotopic (exact) mass is 292 g/mol. The zero-order valence-corrected chi connectivity index (χ0v) is 12.6. The van der Waals surface area contributed by atoms with E-state index >= 15 is 0 Å². The molecule has 1 aliphatic carbocycles. The van der Waals surface area contributed by atoms with Gasteiger partial charge >= 0.3 is 0 Å². The zero-order chi connectivity index (χ0) is 14.7. The van der Waals surface area contributed by atoms with Crippen molar-refractivity contribution in [1.29, 1.82) is 0 Å².